The fraction of sp³-hybridized carbons (Fsp3) is 0.538. The highest BCUT2D eigenvalue weighted by atomic mass is 79.9. The molecule has 0 aromatic heterocycles. The maximum Gasteiger partial charge on any atom is 0.241 e. The normalized spacial score (nSPS) is 23.6. The van der Waals surface area contributed by atoms with Crippen molar-refractivity contribution < 1.29 is 13.2 Å². The summed E-state index contributed by atoms with van der Waals surface area (Å²) in [5, 5.41) is 3.21. The SMILES string of the molecule is COc1cc(Br)cc(S(=O)(=O)NC2CNCCC2C)c1. The molecule has 0 saturated carbocycles. The van der Waals surface area contributed by atoms with Crippen LogP contribution >= 0.6 is 15.9 Å². The minimum absolute atomic E-state index is 0.0845. The number of rotatable bonds is 4. The Balaban J connectivity index is 2.23. The maximum atomic E-state index is 12.5. The first-order valence-corrected chi connectivity index (χ1v) is 8.77. The molecule has 0 spiro atoms. The Kier molecular flexibility index (Phi) is 5.06. The van der Waals surface area contributed by atoms with Crippen LogP contribution in [0.1, 0.15) is 13.3 Å². The summed E-state index contributed by atoms with van der Waals surface area (Å²) < 4.78 is 33.5. The summed E-state index contributed by atoms with van der Waals surface area (Å²) in [6, 6.07) is 4.74. The van der Waals surface area contributed by atoms with Crippen LogP contribution in [0, 0.1) is 5.92 Å². The summed E-state index contributed by atoms with van der Waals surface area (Å²) >= 11 is 3.30. The van der Waals surface area contributed by atoms with E-state index in [-0.39, 0.29) is 10.9 Å². The van der Waals surface area contributed by atoms with E-state index in [1.807, 2.05) is 0 Å². The lowest BCUT2D eigenvalue weighted by Gasteiger charge is -2.30. The van der Waals surface area contributed by atoms with E-state index in [1.54, 1.807) is 12.1 Å². The predicted molar refractivity (Wildman–Crippen MR) is 81.5 cm³/mol. The van der Waals surface area contributed by atoms with Gasteiger partial charge in [0.1, 0.15) is 5.75 Å². The van der Waals surface area contributed by atoms with E-state index in [9.17, 15) is 8.42 Å². The molecule has 1 heterocycles. The van der Waals surface area contributed by atoms with Gasteiger partial charge in [-0.2, -0.15) is 0 Å². The Hall–Kier alpha value is -0.630. The van der Waals surface area contributed by atoms with E-state index in [0.717, 1.165) is 13.0 Å². The molecule has 1 aromatic rings. The van der Waals surface area contributed by atoms with Gasteiger partial charge in [0.2, 0.25) is 10.0 Å². The average Bonchev–Trinajstić information content (AvgIpc) is 2.40. The largest absolute Gasteiger partial charge is 0.497 e. The molecule has 2 rings (SSSR count). The maximum absolute atomic E-state index is 12.5. The highest BCUT2D eigenvalue weighted by Gasteiger charge is 2.27. The van der Waals surface area contributed by atoms with Gasteiger partial charge in [-0.3, -0.25) is 0 Å². The lowest BCUT2D eigenvalue weighted by Crippen LogP contribution is -2.50. The molecule has 1 fully saturated rings. The van der Waals surface area contributed by atoms with E-state index >= 15 is 0 Å². The summed E-state index contributed by atoms with van der Waals surface area (Å²) in [6.45, 7) is 3.66. The summed E-state index contributed by atoms with van der Waals surface area (Å²) in [5.74, 6) is 0.828. The molecule has 112 valence electrons. The van der Waals surface area contributed by atoms with Crippen LogP contribution in [-0.2, 0) is 10.0 Å². The van der Waals surface area contributed by atoms with E-state index in [4.69, 9.17) is 4.74 Å². The topological polar surface area (TPSA) is 67.4 Å². The highest BCUT2D eigenvalue weighted by Crippen LogP contribution is 2.25. The Labute approximate surface area is 128 Å². The van der Waals surface area contributed by atoms with Crippen molar-refractivity contribution in [3.05, 3.63) is 22.7 Å². The van der Waals surface area contributed by atoms with Gasteiger partial charge in [-0.05, 0) is 31.0 Å². The zero-order chi connectivity index (χ0) is 14.8. The molecule has 1 aliphatic heterocycles. The second-order valence-corrected chi connectivity index (χ2v) is 7.65. The molecule has 7 heteroatoms. The summed E-state index contributed by atoms with van der Waals surface area (Å²) in [6.07, 6.45) is 0.967. The van der Waals surface area contributed by atoms with Gasteiger partial charge in [0, 0.05) is 23.1 Å². The smallest absolute Gasteiger partial charge is 0.241 e. The number of methoxy groups -OCH3 is 1. The first-order valence-electron chi connectivity index (χ1n) is 6.50. The molecule has 2 N–H and O–H groups in total. The van der Waals surface area contributed by atoms with Crippen LogP contribution < -0.4 is 14.8 Å². The first kappa shape index (κ1) is 15.8. The fourth-order valence-electron chi connectivity index (χ4n) is 2.22. The molecular weight excluding hydrogens is 344 g/mol. The second-order valence-electron chi connectivity index (χ2n) is 5.02. The number of benzene rings is 1. The molecule has 20 heavy (non-hydrogen) atoms. The van der Waals surface area contributed by atoms with Gasteiger partial charge >= 0.3 is 0 Å². The molecule has 0 aliphatic carbocycles. The predicted octanol–water partition coefficient (Wildman–Crippen LogP) is 1.73. The van der Waals surface area contributed by atoms with Crippen molar-refractivity contribution >= 4 is 26.0 Å². The number of halogens is 1. The third-order valence-electron chi connectivity index (χ3n) is 3.52. The fourth-order valence-corrected chi connectivity index (χ4v) is 4.25. The molecular formula is C13H19BrN2O3S. The summed E-state index contributed by atoms with van der Waals surface area (Å²) in [4.78, 5) is 0.210. The quantitative estimate of drug-likeness (QED) is 0.855. The number of hydrogen-bond donors (Lipinski definition) is 2. The minimum Gasteiger partial charge on any atom is -0.497 e. The third kappa shape index (κ3) is 3.72. The van der Waals surface area contributed by atoms with Gasteiger partial charge in [0.15, 0.2) is 0 Å². The van der Waals surface area contributed by atoms with Crippen molar-refractivity contribution in [1.29, 1.82) is 0 Å². The van der Waals surface area contributed by atoms with Gasteiger partial charge in [0.25, 0.3) is 0 Å². The Morgan fingerprint density at radius 1 is 1.40 bits per heavy atom. The zero-order valence-electron chi connectivity index (χ0n) is 11.5. The van der Waals surface area contributed by atoms with E-state index < -0.39 is 10.0 Å². The van der Waals surface area contributed by atoms with Gasteiger partial charge in [0.05, 0.1) is 12.0 Å². The van der Waals surface area contributed by atoms with Crippen molar-refractivity contribution in [1.82, 2.24) is 10.0 Å². The van der Waals surface area contributed by atoms with Crippen molar-refractivity contribution in [3.8, 4) is 5.75 Å². The highest BCUT2D eigenvalue weighted by molar-refractivity contribution is 9.10. The number of piperidine rings is 1. The Morgan fingerprint density at radius 2 is 2.15 bits per heavy atom. The summed E-state index contributed by atoms with van der Waals surface area (Å²) in [7, 11) is -2.04. The number of nitrogens with one attached hydrogen (secondary N) is 2. The lowest BCUT2D eigenvalue weighted by atomic mass is 9.96. The van der Waals surface area contributed by atoms with Gasteiger partial charge in [-0.25, -0.2) is 13.1 Å². The Bertz CT molecular complexity index is 577. The zero-order valence-corrected chi connectivity index (χ0v) is 13.9. The Morgan fingerprint density at radius 3 is 2.80 bits per heavy atom. The molecule has 0 bridgehead atoms. The van der Waals surface area contributed by atoms with Crippen molar-refractivity contribution in [2.45, 2.75) is 24.3 Å². The minimum atomic E-state index is -3.55. The van der Waals surface area contributed by atoms with Crippen LogP contribution in [0.4, 0.5) is 0 Å². The number of hydrogen-bond acceptors (Lipinski definition) is 4. The molecule has 1 aliphatic rings. The van der Waals surface area contributed by atoms with Crippen LogP contribution in [-0.4, -0.2) is 34.7 Å². The first-order chi connectivity index (χ1) is 9.42. The molecule has 2 unspecified atom stereocenters. The van der Waals surface area contributed by atoms with Crippen LogP contribution in [0.5, 0.6) is 5.75 Å². The van der Waals surface area contributed by atoms with Crippen molar-refractivity contribution in [3.63, 3.8) is 0 Å². The standard InChI is InChI=1S/C13H19BrN2O3S/c1-9-3-4-15-8-13(9)16-20(17,18)12-6-10(14)5-11(7-12)19-2/h5-7,9,13,15-16H,3-4,8H2,1-2H3. The van der Waals surface area contributed by atoms with Crippen LogP contribution in [0.15, 0.2) is 27.6 Å². The van der Waals surface area contributed by atoms with Crippen molar-refractivity contribution in [2.75, 3.05) is 20.2 Å². The third-order valence-corrected chi connectivity index (χ3v) is 5.45. The number of sulfonamides is 1. The summed E-state index contributed by atoms with van der Waals surface area (Å²) in [5.41, 5.74) is 0. The van der Waals surface area contributed by atoms with Crippen LogP contribution in [0.3, 0.4) is 0 Å². The van der Waals surface area contributed by atoms with E-state index in [2.05, 4.69) is 32.9 Å². The molecule has 1 saturated heterocycles. The second kappa shape index (κ2) is 6.43. The number of ether oxygens (including phenoxy) is 1. The van der Waals surface area contributed by atoms with Gasteiger partial charge in [-0.15, -0.1) is 0 Å². The van der Waals surface area contributed by atoms with E-state index in [1.165, 1.54) is 13.2 Å². The average molecular weight is 363 g/mol. The molecule has 0 amide bonds. The lowest BCUT2D eigenvalue weighted by molar-refractivity contribution is 0.327. The van der Waals surface area contributed by atoms with E-state index in [0.29, 0.717) is 22.7 Å². The van der Waals surface area contributed by atoms with Gasteiger partial charge in [-0.1, -0.05) is 22.9 Å². The van der Waals surface area contributed by atoms with Crippen LogP contribution in [0.2, 0.25) is 0 Å². The molecule has 1 aromatic carbocycles. The monoisotopic (exact) mass is 362 g/mol. The molecule has 0 radical (unpaired) electrons. The molecule has 2 atom stereocenters. The van der Waals surface area contributed by atoms with Gasteiger partial charge < -0.3 is 10.1 Å². The van der Waals surface area contributed by atoms with Crippen LogP contribution in [0.25, 0.3) is 0 Å². The van der Waals surface area contributed by atoms with Crippen molar-refractivity contribution in [2.24, 2.45) is 5.92 Å². The molecule has 5 nitrogen and oxygen atoms in total.